The molecule has 3 aromatic rings. The van der Waals surface area contributed by atoms with Crippen LogP contribution in [0.2, 0.25) is 0 Å². The molecule has 8 nitrogen and oxygen atoms in total. The Hall–Kier alpha value is -2.82. The fourth-order valence-electron chi connectivity index (χ4n) is 3.69. The number of thiazole rings is 1. The quantitative estimate of drug-likeness (QED) is 0.342. The molecular formula is C26H33N3O5S2. The van der Waals surface area contributed by atoms with Crippen LogP contribution in [0.3, 0.4) is 0 Å². The van der Waals surface area contributed by atoms with E-state index in [1.54, 1.807) is 11.6 Å². The molecule has 0 aliphatic carbocycles. The number of methoxy groups -OCH3 is 1. The number of rotatable bonds is 11. The maximum Gasteiger partial charge on any atom is 0.325 e. The number of hydrogen-bond acceptors (Lipinski definition) is 6. The highest BCUT2D eigenvalue weighted by Crippen LogP contribution is 2.21. The SMILES string of the molecule is CCCCc1ccc2c(c1)sc(=NC(=O)c1ccc(S(=O)(=O)N(C)CCCC)cc1)n2CC(=O)OC. The van der Waals surface area contributed by atoms with E-state index in [0.29, 0.717) is 11.3 Å². The van der Waals surface area contributed by atoms with Crippen molar-refractivity contribution in [3.8, 4) is 0 Å². The highest BCUT2D eigenvalue weighted by atomic mass is 32.2. The number of hydrogen-bond donors (Lipinski definition) is 0. The standard InChI is InChI=1S/C26H33N3O5S2/c1-5-7-9-19-10-15-22-23(17-19)35-26(29(22)18-24(30)34-4)27-25(31)20-11-13-21(14-12-20)36(32,33)28(3)16-8-6-2/h10-15,17H,5-9,16,18H2,1-4H3. The van der Waals surface area contributed by atoms with Gasteiger partial charge in [0.25, 0.3) is 5.91 Å². The third-order valence-electron chi connectivity index (χ3n) is 5.91. The van der Waals surface area contributed by atoms with Crippen LogP contribution in [0.1, 0.15) is 55.5 Å². The van der Waals surface area contributed by atoms with Crippen molar-refractivity contribution in [3.63, 3.8) is 0 Å². The van der Waals surface area contributed by atoms with Gasteiger partial charge in [0.2, 0.25) is 10.0 Å². The molecule has 3 rings (SSSR count). The molecule has 0 unspecified atom stereocenters. The van der Waals surface area contributed by atoms with Gasteiger partial charge in [-0.25, -0.2) is 12.7 Å². The number of fused-ring (bicyclic) bond motifs is 1. The first kappa shape index (κ1) is 27.8. The molecule has 0 bridgehead atoms. The van der Waals surface area contributed by atoms with Gasteiger partial charge in [-0.15, -0.1) is 0 Å². The van der Waals surface area contributed by atoms with Gasteiger partial charge in [-0.1, -0.05) is 44.1 Å². The molecule has 0 atom stereocenters. The minimum absolute atomic E-state index is 0.0712. The molecule has 0 saturated carbocycles. The molecular weight excluding hydrogens is 498 g/mol. The number of carbonyl (C=O) groups excluding carboxylic acids is 2. The van der Waals surface area contributed by atoms with Crippen LogP contribution >= 0.6 is 11.3 Å². The Morgan fingerprint density at radius 1 is 1.06 bits per heavy atom. The summed E-state index contributed by atoms with van der Waals surface area (Å²) in [6.07, 6.45) is 4.79. The van der Waals surface area contributed by atoms with Gasteiger partial charge in [0, 0.05) is 19.2 Å². The van der Waals surface area contributed by atoms with Crippen LogP contribution < -0.4 is 4.80 Å². The van der Waals surface area contributed by atoms with E-state index in [-0.39, 0.29) is 17.0 Å². The van der Waals surface area contributed by atoms with Crippen molar-refractivity contribution in [2.24, 2.45) is 4.99 Å². The minimum atomic E-state index is -3.63. The average molecular weight is 532 g/mol. The van der Waals surface area contributed by atoms with Gasteiger partial charge in [0.05, 0.1) is 22.2 Å². The summed E-state index contributed by atoms with van der Waals surface area (Å²) in [7, 11) is -0.759. The summed E-state index contributed by atoms with van der Waals surface area (Å²) in [4.78, 5) is 29.9. The van der Waals surface area contributed by atoms with Crippen molar-refractivity contribution in [2.75, 3.05) is 20.7 Å². The number of aryl methyl sites for hydroxylation is 1. The third-order valence-corrected chi connectivity index (χ3v) is 8.83. The zero-order valence-corrected chi connectivity index (χ0v) is 22.8. The Morgan fingerprint density at radius 3 is 2.39 bits per heavy atom. The minimum Gasteiger partial charge on any atom is -0.468 e. The van der Waals surface area contributed by atoms with Crippen LogP contribution in [0.4, 0.5) is 0 Å². The van der Waals surface area contributed by atoms with Crippen LogP contribution in [0.5, 0.6) is 0 Å². The molecule has 0 saturated heterocycles. The number of nitrogens with zero attached hydrogens (tertiary/aromatic N) is 3. The van der Waals surface area contributed by atoms with Crippen molar-refractivity contribution in [1.82, 2.24) is 8.87 Å². The van der Waals surface area contributed by atoms with Crippen LogP contribution in [0.15, 0.2) is 52.4 Å². The average Bonchev–Trinajstić information content (AvgIpc) is 3.21. The Bertz CT molecular complexity index is 1390. The second-order valence-electron chi connectivity index (χ2n) is 8.57. The van der Waals surface area contributed by atoms with E-state index < -0.39 is 21.9 Å². The lowest BCUT2D eigenvalue weighted by atomic mass is 10.1. The molecule has 0 N–H and O–H groups in total. The zero-order chi connectivity index (χ0) is 26.3. The Labute approximate surface area is 216 Å². The van der Waals surface area contributed by atoms with E-state index >= 15 is 0 Å². The van der Waals surface area contributed by atoms with E-state index in [9.17, 15) is 18.0 Å². The lowest BCUT2D eigenvalue weighted by Gasteiger charge is -2.16. The summed E-state index contributed by atoms with van der Waals surface area (Å²) in [5.74, 6) is -0.963. The fraction of sp³-hybridized carbons (Fsp3) is 0.423. The van der Waals surface area contributed by atoms with Crippen LogP contribution in [-0.4, -0.2) is 49.9 Å². The molecule has 1 heterocycles. The first-order valence-electron chi connectivity index (χ1n) is 12.1. The third kappa shape index (κ3) is 6.48. The molecule has 10 heteroatoms. The number of benzene rings is 2. The Kier molecular flexibility index (Phi) is 9.58. The van der Waals surface area contributed by atoms with E-state index in [2.05, 4.69) is 18.0 Å². The summed E-state index contributed by atoms with van der Waals surface area (Å²) in [5, 5.41) is 0. The zero-order valence-electron chi connectivity index (χ0n) is 21.2. The van der Waals surface area contributed by atoms with Gasteiger partial charge in [-0.05, 0) is 61.2 Å². The van der Waals surface area contributed by atoms with E-state index in [1.807, 2.05) is 19.1 Å². The second-order valence-corrected chi connectivity index (χ2v) is 11.6. The molecule has 194 valence electrons. The van der Waals surface area contributed by atoms with Gasteiger partial charge in [-0.3, -0.25) is 9.59 Å². The van der Waals surface area contributed by atoms with Crippen molar-refractivity contribution < 1.29 is 22.7 Å². The number of carbonyl (C=O) groups is 2. The molecule has 0 spiro atoms. The highest BCUT2D eigenvalue weighted by Gasteiger charge is 2.20. The van der Waals surface area contributed by atoms with Crippen LogP contribution in [-0.2, 0) is 32.5 Å². The summed E-state index contributed by atoms with van der Waals surface area (Å²) >= 11 is 1.33. The molecule has 1 aromatic heterocycles. The summed E-state index contributed by atoms with van der Waals surface area (Å²) in [6, 6.07) is 11.8. The second kappa shape index (κ2) is 12.4. The lowest BCUT2D eigenvalue weighted by Crippen LogP contribution is -2.27. The summed E-state index contributed by atoms with van der Waals surface area (Å²) < 4.78 is 34.3. The van der Waals surface area contributed by atoms with Gasteiger partial charge in [-0.2, -0.15) is 4.99 Å². The predicted octanol–water partition coefficient (Wildman–Crippen LogP) is 4.38. The van der Waals surface area contributed by atoms with Crippen molar-refractivity contribution >= 4 is 43.5 Å². The number of amides is 1. The predicted molar refractivity (Wildman–Crippen MR) is 142 cm³/mol. The number of ether oxygens (including phenoxy) is 1. The molecule has 2 aromatic carbocycles. The Morgan fingerprint density at radius 2 is 1.75 bits per heavy atom. The largest absolute Gasteiger partial charge is 0.468 e. The number of esters is 1. The first-order chi connectivity index (χ1) is 17.2. The summed E-state index contributed by atoms with van der Waals surface area (Å²) in [5.41, 5.74) is 2.25. The normalized spacial score (nSPS) is 12.4. The van der Waals surface area contributed by atoms with Crippen molar-refractivity contribution in [2.45, 2.75) is 57.4 Å². The molecule has 1 amide bonds. The van der Waals surface area contributed by atoms with Gasteiger partial charge in [0.15, 0.2) is 4.80 Å². The maximum absolute atomic E-state index is 13.0. The molecule has 36 heavy (non-hydrogen) atoms. The molecule has 0 aliphatic heterocycles. The van der Waals surface area contributed by atoms with Gasteiger partial charge in [0.1, 0.15) is 6.54 Å². The van der Waals surface area contributed by atoms with Crippen LogP contribution in [0.25, 0.3) is 10.2 Å². The molecule has 0 fully saturated rings. The molecule has 0 radical (unpaired) electrons. The number of aromatic nitrogens is 1. The van der Waals surface area contributed by atoms with Crippen molar-refractivity contribution in [3.05, 3.63) is 58.4 Å². The monoisotopic (exact) mass is 531 g/mol. The Balaban J connectivity index is 1.96. The van der Waals surface area contributed by atoms with E-state index in [0.717, 1.165) is 42.3 Å². The molecule has 0 aliphatic rings. The topological polar surface area (TPSA) is 98.0 Å². The van der Waals surface area contributed by atoms with Crippen molar-refractivity contribution in [1.29, 1.82) is 0 Å². The van der Waals surface area contributed by atoms with Gasteiger partial charge >= 0.3 is 5.97 Å². The fourth-order valence-corrected chi connectivity index (χ4v) is 5.99. The van der Waals surface area contributed by atoms with Crippen LogP contribution in [0, 0.1) is 0 Å². The van der Waals surface area contributed by atoms with Gasteiger partial charge < -0.3 is 9.30 Å². The lowest BCUT2D eigenvalue weighted by molar-refractivity contribution is -0.141. The smallest absolute Gasteiger partial charge is 0.325 e. The number of sulfonamides is 1. The van der Waals surface area contributed by atoms with E-state index in [4.69, 9.17) is 4.74 Å². The highest BCUT2D eigenvalue weighted by molar-refractivity contribution is 7.89. The summed E-state index contributed by atoms with van der Waals surface area (Å²) in [6.45, 7) is 4.50. The number of unbranched alkanes of at least 4 members (excludes halogenated alkanes) is 2. The first-order valence-corrected chi connectivity index (χ1v) is 14.3. The maximum atomic E-state index is 13.0. The van der Waals surface area contributed by atoms with E-state index in [1.165, 1.54) is 52.6 Å².